The van der Waals surface area contributed by atoms with E-state index in [4.69, 9.17) is 5.73 Å². The summed E-state index contributed by atoms with van der Waals surface area (Å²) in [5.41, 5.74) is 4.73. The fourth-order valence-electron chi connectivity index (χ4n) is 0.653. The Bertz CT molecular complexity index is 317. The first kappa shape index (κ1) is 12.0. The number of hydrogen-bond acceptors (Lipinski definition) is 5. The van der Waals surface area contributed by atoms with Gasteiger partial charge in [0.15, 0.2) is 5.03 Å². The van der Waals surface area contributed by atoms with Gasteiger partial charge >= 0.3 is 6.03 Å². The summed E-state index contributed by atoms with van der Waals surface area (Å²) in [6.07, 6.45) is 2.53. The molecule has 0 aliphatic carbocycles. The van der Waals surface area contributed by atoms with E-state index in [9.17, 15) is 14.9 Å². The van der Waals surface area contributed by atoms with Crippen molar-refractivity contribution in [3.8, 4) is 0 Å². The van der Waals surface area contributed by atoms with Gasteiger partial charge in [-0.2, -0.15) is 0 Å². The predicted molar refractivity (Wildman–Crippen MR) is 48.3 cm³/mol. The van der Waals surface area contributed by atoms with Crippen LogP contribution in [0.15, 0.2) is 18.5 Å². The number of halogens is 1. The molecule has 2 amide bonds. The average molecular weight is 220 g/mol. The molecule has 1 rings (SSSR count). The van der Waals surface area contributed by atoms with Gasteiger partial charge in [0.1, 0.15) is 0 Å². The van der Waals surface area contributed by atoms with Crippen LogP contribution in [0.3, 0.4) is 0 Å². The van der Waals surface area contributed by atoms with Gasteiger partial charge in [0, 0.05) is 17.4 Å². The molecule has 0 saturated carbocycles. The Morgan fingerprint density at radius 1 is 1.50 bits per heavy atom. The molecule has 0 aliphatic heterocycles. The fraction of sp³-hybridized carbons (Fsp3) is 0. The van der Waals surface area contributed by atoms with Gasteiger partial charge in [-0.05, 0) is 6.07 Å². The first-order valence-electron chi connectivity index (χ1n) is 3.14. The van der Waals surface area contributed by atoms with Crippen molar-refractivity contribution >= 4 is 24.4 Å². The summed E-state index contributed by atoms with van der Waals surface area (Å²) >= 11 is 0. The maximum absolute atomic E-state index is 10.6. The molecule has 1 aromatic rings. The topological polar surface area (TPSA) is 115 Å². The van der Waals surface area contributed by atoms with Gasteiger partial charge in [-0.1, -0.05) is 0 Å². The third kappa shape index (κ3) is 2.52. The van der Waals surface area contributed by atoms with E-state index in [1.54, 1.807) is 0 Å². The monoisotopic (exact) mass is 219 g/mol. The molecular formula is C5H6ClN5O3. The molecule has 1 heterocycles. The number of amides is 2. The van der Waals surface area contributed by atoms with Crippen molar-refractivity contribution in [1.29, 1.82) is 0 Å². The number of anilines is 1. The van der Waals surface area contributed by atoms with Crippen LogP contribution in [0.2, 0.25) is 0 Å². The number of aromatic nitrogens is 2. The second-order valence-corrected chi connectivity index (χ2v) is 1.94. The molecule has 0 spiro atoms. The molecule has 9 heteroatoms. The van der Waals surface area contributed by atoms with Gasteiger partial charge in [-0.25, -0.2) is 24.9 Å². The summed E-state index contributed by atoms with van der Waals surface area (Å²) in [6, 6.07) is 0.221. The van der Waals surface area contributed by atoms with Crippen LogP contribution in [0.5, 0.6) is 0 Å². The lowest BCUT2D eigenvalue weighted by Crippen LogP contribution is -2.41. The molecule has 0 fully saturated rings. The fourth-order valence-corrected chi connectivity index (χ4v) is 0.653. The molecule has 0 unspecified atom stereocenters. The largest absolute Gasteiger partial charge is 0.382 e. The molecule has 0 aromatic carbocycles. The minimum absolute atomic E-state index is 0. The second-order valence-electron chi connectivity index (χ2n) is 1.94. The third-order valence-electron chi connectivity index (χ3n) is 1.11. The zero-order chi connectivity index (χ0) is 9.84. The molecule has 14 heavy (non-hydrogen) atoms. The van der Waals surface area contributed by atoms with Crippen molar-refractivity contribution < 1.29 is 9.83 Å². The van der Waals surface area contributed by atoms with Crippen molar-refractivity contribution in [3.05, 3.63) is 28.6 Å². The number of urea groups is 1. The van der Waals surface area contributed by atoms with Crippen LogP contribution in [0.1, 0.15) is 0 Å². The molecule has 76 valence electrons. The number of hydrogen-bond donors (Lipinski definition) is 1. The summed E-state index contributed by atoms with van der Waals surface area (Å²) in [7, 11) is 0. The van der Waals surface area contributed by atoms with Crippen LogP contribution in [0, 0.1) is 10.1 Å². The summed E-state index contributed by atoms with van der Waals surface area (Å²) in [4.78, 5) is 27.8. The van der Waals surface area contributed by atoms with Crippen LogP contribution in [-0.4, -0.2) is 21.0 Å². The molecule has 0 atom stereocenters. The quantitative estimate of drug-likeness (QED) is 0.554. The van der Waals surface area contributed by atoms with E-state index in [0.717, 1.165) is 0 Å². The van der Waals surface area contributed by atoms with E-state index in [2.05, 4.69) is 9.97 Å². The van der Waals surface area contributed by atoms with Crippen molar-refractivity contribution in [2.24, 2.45) is 5.73 Å². The number of nitro groups is 1. The van der Waals surface area contributed by atoms with Crippen molar-refractivity contribution in [2.75, 3.05) is 5.01 Å². The first-order valence-corrected chi connectivity index (χ1v) is 3.14. The Hall–Kier alpha value is -1.96. The highest BCUT2D eigenvalue weighted by atomic mass is 35.5. The summed E-state index contributed by atoms with van der Waals surface area (Å²) in [5.74, 6) is -0.361. The standard InChI is InChI=1S/C5H5N5O3.ClH/c6-4(11)9(10(12)13)5-7-2-1-3-8-5;/h1-3H,(H2,6,11);1H. The SMILES string of the molecule is Cl.NC(=O)N(c1ncccn1)[N+](=O)[O-]. The molecule has 1 aromatic heterocycles. The minimum Gasteiger partial charge on any atom is -0.347 e. The maximum Gasteiger partial charge on any atom is 0.382 e. The summed E-state index contributed by atoms with van der Waals surface area (Å²) < 4.78 is 0. The van der Waals surface area contributed by atoms with Gasteiger partial charge in [0.25, 0.3) is 5.95 Å². The van der Waals surface area contributed by atoms with Crippen LogP contribution in [0.4, 0.5) is 10.7 Å². The molecule has 0 aliphatic rings. The maximum atomic E-state index is 10.6. The minimum atomic E-state index is -1.24. The van der Waals surface area contributed by atoms with Crippen molar-refractivity contribution in [3.63, 3.8) is 0 Å². The normalized spacial score (nSPS) is 8.57. The number of nitrogens with zero attached hydrogens (tertiary/aromatic N) is 4. The van der Waals surface area contributed by atoms with Gasteiger partial charge < -0.3 is 5.73 Å². The van der Waals surface area contributed by atoms with Crippen molar-refractivity contribution in [1.82, 2.24) is 9.97 Å². The van der Waals surface area contributed by atoms with E-state index < -0.39 is 11.1 Å². The number of rotatable bonds is 2. The average Bonchev–Trinajstić information content (AvgIpc) is 2.04. The number of carbonyl (C=O) groups excluding carboxylic acids is 1. The highest BCUT2D eigenvalue weighted by Crippen LogP contribution is 2.03. The summed E-state index contributed by atoms with van der Waals surface area (Å²) in [5, 5.41) is 9.36. The van der Waals surface area contributed by atoms with E-state index in [1.165, 1.54) is 18.5 Å². The third-order valence-corrected chi connectivity index (χ3v) is 1.11. The molecule has 0 radical (unpaired) electrons. The molecule has 0 bridgehead atoms. The lowest BCUT2D eigenvalue weighted by molar-refractivity contribution is -0.482. The lowest BCUT2D eigenvalue weighted by atomic mass is 10.7. The molecule has 8 nitrogen and oxygen atoms in total. The number of hydrazine groups is 1. The molecule has 0 saturated heterocycles. The Kier molecular flexibility index (Phi) is 4.23. The van der Waals surface area contributed by atoms with Gasteiger partial charge in [0.05, 0.1) is 0 Å². The smallest absolute Gasteiger partial charge is 0.347 e. The van der Waals surface area contributed by atoms with E-state index in [1.807, 2.05) is 0 Å². The number of nitrogens with two attached hydrogens (primary N) is 1. The highest BCUT2D eigenvalue weighted by molar-refractivity contribution is 5.86. The Morgan fingerprint density at radius 3 is 2.36 bits per heavy atom. The van der Waals surface area contributed by atoms with Crippen LogP contribution in [0.25, 0.3) is 0 Å². The van der Waals surface area contributed by atoms with Crippen LogP contribution < -0.4 is 10.7 Å². The van der Waals surface area contributed by atoms with Gasteiger partial charge in [-0.3, -0.25) is 0 Å². The molecular weight excluding hydrogens is 214 g/mol. The zero-order valence-corrected chi connectivity index (χ0v) is 7.55. The summed E-state index contributed by atoms with van der Waals surface area (Å²) in [6.45, 7) is 0. The van der Waals surface area contributed by atoms with Crippen LogP contribution in [-0.2, 0) is 0 Å². The highest BCUT2D eigenvalue weighted by Gasteiger charge is 2.26. The van der Waals surface area contributed by atoms with Gasteiger partial charge in [-0.15, -0.1) is 12.4 Å². The van der Waals surface area contributed by atoms with Gasteiger partial charge in [0.2, 0.25) is 0 Å². The lowest BCUT2D eigenvalue weighted by Gasteiger charge is -2.05. The van der Waals surface area contributed by atoms with E-state index in [-0.39, 0.29) is 23.4 Å². The van der Waals surface area contributed by atoms with E-state index >= 15 is 0 Å². The second kappa shape index (κ2) is 4.92. The Morgan fingerprint density at radius 2 is 2.00 bits per heavy atom. The Balaban J connectivity index is 0.00000169. The number of primary amides is 1. The molecule has 2 N–H and O–H groups in total. The van der Waals surface area contributed by atoms with E-state index in [0.29, 0.717) is 0 Å². The Labute approximate surface area is 84.3 Å². The van der Waals surface area contributed by atoms with Crippen LogP contribution >= 0.6 is 12.4 Å². The number of carbonyl (C=O) groups is 1. The first-order chi connectivity index (χ1) is 6.13. The zero-order valence-electron chi connectivity index (χ0n) is 6.73. The predicted octanol–water partition coefficient (Wildman–Crippen LogP) is -0.0248. The van der Waals surface area contributed by atoms with Crippen molar-refractivity contribution in [2.45, 2.75) is 0 Å².